The molecule has 0 atom stereocenters. The number of para-hydroxylation sites is 1. The molecule has 11 rings (SSSR count). The molecule has 0 saturated heterocycles. The zero-order valence-electron chi connectivity index (χ0n) is 28.7. The Morgan fingerprint density at radius 1 is 0.377 bits per heavy atom. The zero-order valence-corrected chi connectivity index (χ0v) is 29.5. The average molecular weight is 694 g/mol. The second-order valence-corrected chi connectivity index (χ2v) is 14.6. The van der Waals surface area contributed by atoms with Gasteiger partial charge in [0.1, 0.15) is 11.2 Å². The maximum Gasteiger partial charge on any atom is 0.143 e. The molecule has 0 radical (unpaired) electrons. The van der Waals surface area contributed by atoms with Crippen LogP contribution in [-0.4, -0.2) is 0 Å². The Bertz CT molecular complexity index is 3160. The number of thiophene rings is 1. The van der Waals surface area contributed by atoms with Crippen molar-refractivity contribution in [3.63, 3.8) is 0 Å². The standard InChI is InChI=1S/C50H31NOS/c1-3-14-32(15-4-1)36-30-31-44-47(46-41-21-9-7-18-38(41)39-19-8-10-22-42(39)49(46)52-44)48(36)51(34-16-5-2-6-17-34)35-28-26-33(27-29-35)37-23-13-24-43-40-20-11-12-25-45(40)53-50(37)43/h1-31H. The molecule has 0 bridgehead atoms. The topological polar surface area (TPSA) is 16.4 Å². The van der Waals surface area contributed by atoms with Crippen LogP contribution in [0.3, 0.4) is 0 Å². The molecule has 11 aromatic rings. The van der Waals surface area contributed by atoms with Crippen LogP contribution in [0.25, 0.3) is 85.9 Å². The number of fused-ring (bicyclic) bond motifs is 11. The minimum absolute atomic E-state index is 0.866. The fraction of sp³-hybridized carbons (Fsp3) is 0. The zero-order chi connectivity index (χ0) is 34.9. The van der Waals surface area contributed by atoms with E-state index in [1.165, 1.54) is 47.5 Å². The number of hydrogen-bond acceptors (Lipinski definition) is 3. The molecule has 53 heavy (non-hydrogen) atoms. The lowest BCUT2D eigenvalue weighted by atomic mass is 9.93. The molecule has 2 heterocycles. The Labute approximate surface area is 310 Å². The van der Waals surface area contributed by atoms with Crippen LogP contribution in [0.1, 0.15) is 0 Å². The van der Waals surface area contributed by atoms with Crippen LogP contribution in [0, 0.1) is 0 Å². The van der Waals surface area contributed by atoms with Crippen LogP contribution >= 0.6 is 11.3 Å². The number of benzene rings is 9. The van der Waals surface area contributed by atoms with Crippen LogP contribution in [0.15, 0.2) is 192 Å². The summed E-state index contributed by atoms with van der Waals surface area (Å²) in [7, 11) is 0. The highest BCUT2D eigenvalue weighted by Crippen LogP contribution is 2.51. The molecule has 3 heteroatoms. The summed E-state index contributed by atoms with van der Waals surface area (Å²) in [5.41, 5.74) is 9.78. The van der Waals surface area contributed by atoms with E-state index >= 15 is 0 Å². The predicted octanol–water partition coefficient (Wildman–Crippen LogP) is 15.1. The monoisotopic (exact) mass is 693 g/mol. The van der Waals surface area contributed by atoms with Crippen molar-refractivity contribution in [3.05, 3.63) is 188 Å². The molecule has 0 fully saturated rings. The molecule has 0 N–H and O–H groups in total. The maximum absolute atomic E-state index is 6.94. The van der Waals surface area contributed by atoms with Crippen molar-refractivity contribution in [1.82, 2.24) is 0 Å². The van der Waals surface area contributed by atoms with Gasteiger partial charge in [-0.25, -0.2) is 0 Å². The van der Waals surface area contributed by atoms with E-state index < -0.39 is 0 Å². The van der Waals surface area contributed by atoms with E-state index in [-0.39, 0.29) is 0 Å². The highest BCUT2D eigenvalue weighted by atomic mass is 32.1. The van der Waals surface area contributed by atoms with Crippen LogP contribution < -0.4 is 4.90 Å². The van der Waals surface area contributed by atoms with Crippen LogP contribution in [0.4, 0.5) is 17.1 Å². The summed E-state index contributed by atoms with van der Waals surface area (Å²) in [6.07, 6.45) is 0. The number of rotatable bonds is 5. The average Bonchev–Trinajstić information content (AvgIpc) is 3.82. The lowest BCUT2D eigenvalue weighted by Gasteiger charge is -2.29. The highest BCUT2D eigenvalue weighted by molar-refractivity contribution is 7.26. The summed E-state index contributed by atoms with van der Waals surface area (Å²) in [6, 6.07) is 67.8. The van der Waals surface area contributed by atoms with Gasteiger partial charge in [-0.2, -0.15) is 0 Å². The van der Waals surface area contributed by atoms with Crippen molar-refractivity contribution < 1.29 is 4.42 Å². The first-order valence-corrected chi connectivity index (χ1v) is 18.8. The molecule has 9 aromatic carbocycles. The third-order valence-electron chi connectivity index (χ3n) is 10.7. The SMILES string of the molecule is c1ccc(-c2ccc3oc4c5ccccc5c5ccccc5c4c3c2N(c2ccccc2)c2ccc(-c3cccc4c3sc3ccccc34)cc2)cc1. The molecule has 0 aliphatic carbocycles. The Balaban J connectivity index is 1.21. The fourth-order valence-electron chi connectivity index (χ4n) is 8.30. The molecule has 0 unspecified atom stereocenters. The van der Waals surface area contributed by atoms with Crippen LogP contribution in [0.2, 0.25) is 0 Å². The van der Waals surface area contributed by atoms with Gasteiger partial charge >= 0.3 is 0 Å². The highest BCUT2D eigenvalue weighted by Gasteiger charge is 2.26. The van der Waals surface area contributed by atoms with E-state index in [1.807, 2.05) is 11.3 Å². The lowest BCUT2D eigenvalue weighted by molar-refractivity contribution is 0.673. The Kier molecular flexibility index (Phi) is 6.76. The first kappa shape index (κ1) is 30.0. The van der Waals surface area contributed by atoms with Gasteiger partial charge in [-0.15, -0.1) is 11.3 Å². The van der Waals surface area contributed by atoms with Crippen molar-refractivity contribution in [2.24, 2.45) is 0 Å². The van der Waals surface area contributed by atoms with Gasteiger partial charge in [-0.05, 0) is 75.3 Å². The Hall–Kier alpha value is -6.68. The van der Waals surface area contributed by atoms with Gasteiger partial charge < -0.3 is 9.32 Å². The quantitative estimate of drug-likeness (QED) is 0.167. The second-order valence-electron chi connectivity index (χ2n) is 13.6. The van der Waals surface area contributed by atoms with Crippen molar-refractivity contribution in [2.75, 3.05) is 4.90 Å². The molecule has 2 aromatic heterocycles. The van der Waals surface area contributed by atoms with Gasteiger partial charge in [0.2, 0.25) is 0 Å². The first-order valence-electron chi connectivity index (χ1n) is 18.0. The number of hydrogen-bond donors (Lipinski definition) is 0. The maximum atomic E-state index is 6.94. The van der Waals surface area contributed by atoms with Gasteiger partial charge in [0.25, 0.3) is 0 Å². The van der Waals surface area contributed by atoms with Gasteiger partial charge in [0, 0.05) is 47.9 Å². The second kappa shape index (κ2) is 11.9. The van der Waals surface area contributed by atoms with Gasteiger partial charge in [-0.3, -0.25) is 0 Å². The Morgan fingerprint density at radius 2 is 0.962 bits per heavy atom. The van der Waals surface area contributed by atoms with E-state index in [2.05, 4.69) is 193 Å². The first-order chi connectivity index (χ1) is 26.3. The van der Waals surface area contributed by atoms with Crippen molar-refractivity contribution in [1.29, 1.82) is 0 Å². The molecular formula is C50H31NOS. The molecule has 0 amide bonds. The smallest absolute Gasteiger partial charge is 0.143 e. The normalized spacial score (nSPS) is 11.8. The predicted molar refractivity (Wildman–Crippen MR) is 227 cm³/mol. The third-order valence-corrected chi connectivity index (χ3v) is 11.9. The molecule has 248 valence electrons. The number of nitrogens with zero attached hydrogens (tertiary/aromatic N) is 1. The minimum Gasteiger partial charge on any atom is -0.455 e. The number of furan rings is 1. The van der Waals surface area contributed by atoms with Gasteiger partial charge in [-0.1, -0.05) is 146 Å². The van der Waals surface area contributed by atoms with Gasteiger partial charge in [0.15, 0.2) is 0 Å². The number of anilines is 3. The summed E-state index contributed by atoms with van der Waals surface area (Å²) in [5.74, 6) is 0. The third kappa shape index (κ3) is 4.64. The van der Waals surface area contributed by atoms with Crippen molar-refractivity contribution >= 4 is 92.1 Å². The lowest BCUT2D eigenvalue weighted by Crippen LogP contribution is -2.11. The van der Waals surface area contributed by atoms with Crippen molar-refractivity contribution in [3.8, 4) is 22.3 Å². The minimum atomic E-state index is 0.866. The summed E-state index contributed by atoms with van der Waals surface area (Å²) < 4.78 is 9.58. The molecule has 0 saturated carbocycles. The summed E-state index contributed by atoms with van der Waals surface area (Å²) in [6.45, 7) is 0. The van der Waals surface area contributed by atoms with E-state index in [0.717, 1.165) is 55.5 Å². The summed E-state index contributed by atoms with van der Waals surface area (Å²) in [4.78, 5) is 2.42. The molecule has 0 aliphatic rings. The molecule has 2 nitrogen and oxygen atoms in total. The van der Waals surface area contributed by atoms with E-state index in [1.54, 1.807) is 0 Å². The fourth-order valence-corrected chi connectivity index (χ4v) is 9.54. The molecule has 0 spiro atoms. The molecular weight excluding hydrogens is 663 g/mol. The van der Waals surface area contributed by atoms with E-state index in [4.69, 9.17) is 4.42 Å². The van der Waals surface area contributed by atoms with Crippen LogP contribution in [-0.2, 0) is 0 Å². The van der Waals surface area contributed by atoms with Crippen LogP contribution in [0.5, 0.6) is 0 Å². The Morgan fingerprint density at radius 3 is 1.74 bits per heavy atom. The van der Waals surface area contributed by atoms with E-state index in [0.29, 0.717) is 0 Å². The summed E-state index contributed by atoms with van der Waals surface area (Å²) in [5, 5.41) is 9.59. The summed E-state index contributed by atoms with van der Waals surface area (Å²) >= 11 is 1.87. The van der Waals surface area contributed by atoms with Crippen molar-refractivity contribution in [2.45, 2.75) is 0 Å². The van der Waals surface area contributed by atoms with Gasteiger partial charge in [0.05, 0.1) is 11.1 Å². The largest absolute Gasteiger partial charge is 0.455 e. The molecule has 0 aliphatic heterocycles. The van der Waals surface area contributed by atoms with E-state index in [9.17, 15) is 0 Å².